The van der Waals surface area contributed by atoms with Gasteiger partial charge in [-0.15, -0.1) is 0 Å². The van der Waals surface area contributed by atoms with E-state index in [0.717, 1.165) is 18.6 Å². The summed E-state index contributed by atoms with van der Waals surface area (Å²) >= 11 is 6.21. The lowest BCUT2D eigenvalue weighted by atomic mass is 10.3. The van der Waals surface area contributed by atoms with Crippen LogP contribution in [0.1, 0.15) is 12.8 Å². The highest BCUT2D eigenvalue weighted by Gasteiger charge is 2.29. The number of carbonyl (C=O) groups excluding carboxylic acids is 1. The molecule has 0 radical (unpaired) electrons. The maximum absolute atomic E-state index is 11.5. The third-order valence-corrected chi connectivity index (χ3v) is 3.78. The molecule has 0 aliphatic heterocycles. The molecule has 1 aliphatic rings. The second-order valence-electron chi connectivity index (χ2n) is 5.42. The fourth-order valence-electron chi connectivity index (χ4n) is 2.11. The summed E-state index contributed by atoms with van der Waals surface area (Å²) in [4.78, 5) is 11.5. The number of benzene rings is 2. The van der Waals surface area contributed by atoms with Crippen LogP contribution in [0.25, 0.3) is 0 Å². The van der Waals surface area contributed by atoms with Crippen molar-refractivity contribution in [2.75, 3.05) is 13.2 Å². The van der Waals surface area contributed by atoms with Gasteiger partial charge in [0.2, 0.25) is 5.91 Å². The zero-order valence-corrected chi connectivity index (χ0v) is 13.4. The van der Waals surface area contributed by atoms with E-state index in [4.69, 9.17) is 21.1 Å². The summed E-state index contributed by atoms with van der Waals surface area (Å²) in [5.41, 5.74) is 0. The Balaban J connectivity index is 1.49. The number of ether oxygens (including phenoxy) is 2. The van der Waals surface area contributed by atoms with E-state index in [1.54, 1.807) is 18.2 Å². The van der Waals surface area contributed by atoms with Gasteiger partial charge in [0.15, 0.2) is 0 Å². The van der Waals surface area contributed by atoms with E-state index in [0.29, 0.717) is 29.7 Å². The number of halogens is 1. The first-order valence-electron chi connectivity index (χ1n) is 7.65. The Hall–Kier alpha value is -2.20. The summed E-state index contributed by atoms with van der Waals surface area (Å²) in [6, 6.07) is 14.8. The minimum Gasteiger partial charge on any atom is -0.490 e. The van der Waals surface area contributed by atoms with E-state index >= 15 is 0 Å². The van der Waals surface area contributed by atoms with Crippen LogP contribution in [0.5, 0.6) is 17.2 Å². The molecule has 2 aromatic carbocycles. The molecule has 1 aliphatic carbocycles. The maximum atomic E-state index is 11.5. The molecule has 0 aromatic heterocycles. The molecule has 1 fully saturated rings. The van der Waals surface area contributed by atoms with Crippen LogP contribution in [0.3, 0.4) is 0 Å². The third-order valence-electron chi connectivity index (χ3n) is 3.49. The first-order chi connectivity index (χ1) is 11.2. The summed E-state index contributed by atoms with van der Waals surface area (Å²) in [5, 5.41) is 3.33. The van der Waals surface area contributed by atoms with Gasteiger partial charge in [0.05, 0.1) is 11.6 Å². The molecule has 5 heteroatoms. The topological polar surface area (TPSA) is 47.6 Å². The average molecular weight is 332 g/mol. The molecule has 23 heavy (non-hydrogen) atoms. The lowest BCUT2D eigenvalue weighted by Crippen LogP contribution is -2.29. The molecule has 0 atom stereocenters. The smallest absolute Gasteiger partial charge is 0.223 e. The van der Waals surface area contributed by atoms with Gasteiger partial charge >= 0.3 is 0 Å². The van der Waals surface area contributed by atoms with Crippen LogP contribution in [-0.4, -0.2) is 19.1 Å². The fraction of sp³-hybridized carbons (Fsp3) is 0.278. The Kier molecular flexibility index (Phi) is 5.03. The van der Waals surface area contributed by atoms with Gasteiger partial charge in [0.1, 0.15) is 23.9 Å². The summed E-state index contributed by atoms with van der Waals surface area (Å²) in [6.45, 7) is 0.866. The first-order valence-corrected chi connectivity index (χ1v) is 8.03. The summed E-state index contributed by atoms with van der Waals surface area (Å²) in [7, 11) is 0. The molecule has 1 saturated carbocycles. The fourth-order valence-corrected chi connectivity index (χ4v) is 2.34. The molecule has 1 amide bonds. The molecule has 4 nitrogen and oxygen atoms in total. The average Bonchev–Trinajstić information content (AvgIpc) is 3.39. The van der Waals surface area contributed by atoms with Crippen molar-refractivity contribution in [1.29, 1.82) is 0 Å². The van der Waals surface area contributed by atoms with Gasteiger partial charge in [-0.05, 0) is 37.1 Å². The standard InChI is InChI=1S/C18H18ClNO3/c19-16-12-15(23-14-4-2-1-3-5-14)8-9-17(16)22-11-10-20-18(21)13-6-7-13/h1-5,8-9,12-13H,6-7,10-11H2,(H,20,21). The third kappa shape index (κ3) is 4.63. The number of para-hydroxylation sites is 1. The molecule has 0 heterocycles. The Morgan fingerprint density at radius 3 is 2.61 bits per heavy atom. The lowest BCUT2D eigenvalue weighted by Gasteiger charge is -2.11. The van der Waals surface area contributed by atoms with Crippen LogP contribution in [0.2, 0.25) is 5.02 Å². The van der Waals surface area contributed by atoms with Gasteiger partial charge in [-0.25, -0.2) is 0 Å². The highest BCUT2D eigenvalue weighted by molar-refractivity contribution is 6.32. The van der Waals surface area contributed by atoms with E-state index in [2.05, 4.69) is 5.32 Å². The van der Waals surface area contributed by atoms with Crippen LogP contribution in [0, 0.1) is 5.92 Å². The van der Waals surface area contributed by atoms with Crippen molar-refractivity contribution in [2.45, 2.75) is 12.8 Å². The van der Waals surface area contributed by atoms with Gasteiger partial charge in [-0.2, -0.15) is 0 Å². The van der Waals surface area contributed by atoms with Crippen LogP contribution >= 0.6 is 11.6 Å². The van der Waals surface area contributed by atoms with E-state index in [-0.39, 0.29) is 11.8 Å². The largest absolute Gasteiger partial charge is 0.490 e. The van der Waals surface area contributed by atoms with E-state index < -0.39 is 0 Å². The van der Waals surface area contributed by atoms with Crippen LogP contribution in [0.4, 0.5) is 0 Å². The summed E-state index contributed by atoms with van der Waals surface area (Å²) < 4.78 is 11.3. The predicted octanol–water partition coefficient (Wildman–Crippen LogP) is 4.04. The zero-order valence-electron chi connectivity index (χ0n) is 12.6. The van der Waals surface area contributed by atoms with Gasteiger partial charge in [-0.1, -0.05) is 29.8 Å². The molecule has 1 N–H and O–H groups in total. The number of carbonyl (C=O) groups is 1. The van der Waals surface area contributed by atoms with Gasteiger partial charge in [-0.3, -0.25) is 4.79 Å². The second kappa shape index (κ2) is 7.38. The number of hydrogen-bond acceptors (Lipinski definition) is 3. The highest BCUT2D eigenvalue weighted by Crippen LogP contribution is 2.31. The minimum absolute atomic E-state index is 0.117. The molecular formula is C18H18ClNO3. The molecule has 2 aromatic rings. The van der Waals surface area contributed by atoms with Crippen LogP contribution in [-0.2, 0) is 4.79 Å². The Bertz CT molecular complexity index is 671. The van der Waals surface area contributed by atoms with Gasteiger partial charge in [0.25, 0.3) is 0 Å². The number of rotatable bonds is 7. The van der Waals surface area contributed by atoms with Crippen LogP contribution < -0.4 is 14.8 Å². The summed E-state index contributed by atoms with van der Waals surface area (Å²) in [6.07, 6.45) is 2.00. The number of nitrogens with one attached hydrogen (secondary N) is 1. The van der Waals surface area contributed by atoms with E-state index in [1.807, 2.05) is 30.3 Å². The molecule has 120 valence electrons. The molecule has 3 rings (SSSR count). The maximum Gasteiger partial charge on any atom is 0.223 e. The Morgan fingerprint density at radius 1 is 1.13 bits per heavy atom. The van der Waals surface area contributed by atoms with Crippen molar-refractivity contribution >= 4 is 17.5 Å². The summed E-state index contributed by atoms with van der Waals surface area (Å²) in [5.74, 6) is 2.31. The van der Waals surface area contributed by atoms with Gasteiger partial charge < -0.3 is 14.8 Å². The lowest BCUT2D eigenvalue weighted by molar-refractivity contribution is -0.122. The Morgan fingerprint density at radius 2 is 1.91 bits per heavy atom. The van der Waals surface area contributed by atoms with E-state index in [1.165, 1.54) is 0 Å². The molecule has 0 spiro atoms. The molecule has 0 unspecified atom stereocenters. The van der Waals surface area contributed by atoms with Crippen molar-refractivity contribution < 1.29 is 14.3 Å². The SMILES string of the molecule is O=C(NCCOc1ccc(Oc2ccccc2)cc1Cl)C1CC1. The van der Waals surface area contributed by atoms with Crippen molar-refractivity contribution in [2.24, 2.45) is 5.92 Å². The normalized spacial score (nSPS) is 13.4. The highest BCUT2D eigenvalue weighted by atomic mass is 35.5. The molecular weight excluding hydrogens is 314 g/mol. The van der Waals surface area contributed by atoms with Gasteiger partial charge in [0, 0.05) is 12.0 Å². The monoisotopic (exact) mass is 331 g/mol. The molecule has 0 bridgehead atoms. The second-order valence-corrected chi connectivity index (χ2v) is 5.83. The van der Waals surface area contributed by atoms with Crippen molar-refractivity contribution in [1.82, 2.24) is 5.32 Å². The van der Waals surface area contributed by atoms with Crippen molar-refractivity contribution in [3.63, 3.8) is 0 Å². The molecule has 0 saturated heterocycles. The predicted molar refractivity (Wildman–Crippen MR) is 89.2 cm³/mol. The number of hydrogen-bond donors (Lipinski definition) is 1. The number of amides is 1. The van der Waals surface area contributed by atoms with E-state index in [9.17, 15) is 4.79 Å². The Labute approximate surface area is 140 Å². The first kappa shape index (κ1) is 15.7. The van der Waals surface area contributed by atoms with Crippen molar-refractivity contribution in [3.8, 4) is 17.2 Å². The quantitative estimate of drug-likeness (QED) is 0.779. The van der Waals surface area contributed by atoms with Crippen LogP contribution in [0.15, 0.2) is 48.5 Å². The minimum atomic E-state index is 0.117. The zero-order chi connectivity index (χ0) is 16.1. The van der Waals surface area contributed by atoms with Crippen molar-refractivity contribution in [3.05, 3.63) is 53.6 Å².